The average molecular weight is 268 g/mol. The Morgan fingerprint density at radius 3 is 2.85 bits per heavy atom. The number of hydrogen-bond donors (Lipinski definition) is 1. The van der Waals surface area contributed by atoms with Crippen molar-refractivity contribution in [3.8, 4) is 5.75 Å². The second kappa shape index (κ2) is 5.25. The van der Waals surface area contributed by atoms with Crippen molar-refractivity contribution >= 4 is 16.8 Å². The molecule has 20 heavy (non-hydrogen) atoms. The van der Waals surface area contributed by atoms with Gasteiger partial charge in [0.05, 0.1) is 18.7 Å². The highest BCUT2D eigenvalue weighted by Gasteiger charge is 2.08. The Bertz CT molecular complexity index is 734. The van der Waals surface area contributed by atoms with Crippen LogP contribution in [0.5, 0.6) is 5.75 Å². The molecule has 0 bridgehead atoms. The Labute approximate surface area is 117 Å². The predicted octanol–water partition coefficient (Wildman–Crippen LogP) is 3.34. The maximum atomic E-state index is 5.84. The van der Waals surface area contributed by atoms with Gasteiger partial charge in [0, 0.05) is 0 Å². The minimum Gasteiger partial charge on any atom is -0.493 e. The van der Waals surface area contributed by atoms with E-state index < -0.39 is 0 Å². The van der Waals surface area contributed by atoms with Gasteiger partial charge in [-0.1, -0.05) is 18.2 Å². The normalized spacial score (nSPS) is 10.8. The molecular formula is C16H16N2O2. The number of anilines is 1. The number of oxazole rings is 1. The highest BCUT2D eigenvalue weighted by atomic mass is 16.5. The Morgan fingerprint density at radius 2 is 2.05 bits per heavy atom. The second-order valence-electron chi connectivity index (χ2n) is 4.72. The Hall–Kier alpha value is -2.49. The van der Waals surface area contributed by atoms with Crippen molar-refractivity contribution in [1.29, 1.82) is 0 Å². The van der Waals surface area contributed by atoms with Gasteiger partial charge in [0.1, 0.15) is 11.3 Å². The minimum atomic E-state index is 0.524. The van der Waals surface area contributed by atoms with E-state index in [2.05, 4.69) is 4.98 Å². The van der Waals surface area contributed by atoms with Crippen LogP contribution in [0.3, 0.4) is 0 Å². The van der Waals surface area contributed by atoms with Crippen LogP contribution >= 0.6 is 0 Å². The molecule has 0 amide bonds. The largest absolute Gasteiger partial charge is 0.493 e. The van der Waals surface area contributed by atoms with Crippen molar-refractivity contribution in [2.24, 2.45) is 0 Å². The SMILES string of the molecule is Cc1cccc(OCCc2nc3cccc(N)c3o2)c1. The second-order valence-corrected chi connectivity index (χ2v) is 4.72. The maximum Gasteiger partial charge on any atom is 0.199 e. The monoisotopic (exact) mass is 268 g/mol. The zero-order chi connectivity index (χ0) is 13.9. The number of aryl methyl sites for hydroxylation is 1. The van der Waals surface area contributed by atoms with E-state index in [9.17, 15) is 0 Å². The van der Waals surface area contributed by atoms with Gasteiger partial charge in [-0.25, -0.2) is 4.98 Å². The summed E-state index contributed by atoms with van der Waals surface area (Å²) in [5.41, 5.74) is 9.07. The van der Waals surface area contributed by atoms with E-state index in [4.69, 9.17) is 14.9 Å². The zero-order valence-electron chi connectivity index (χ0n) is 11.3. The molecule has 0 spiro atoms. The summed E-state index contributed by atoms with van der Waals surface area (Å²) < 4.78 is 11.3. The summed E-state index contributed by atoms with van der Waals surface area (Å²) >= 11 is 0. The topological polar surface area (TPSA) is 61.3 Å². The number of hydrogen-bond acceptors (Lipinski definition) is 4. The van der Waals surface area contributed by atoms with Crippen LogP contribution in [0.2, 0.25) is 0 Å². The van der Waals surface area contributed by atoms with Crippen molar-refractivity contribution in [2.75, 3.05) is 12.3 Å². The molecule has 3 aromatic rings. The lowest BCUT2D eigenvalue weighted by molar-refractivity contribution is 0.308. The average Bonchev–Trinajstić information content (AvgIpc) is 2.83. The highest BCUT2D eigenvalue weighted by molar-refractivity contribution is 5.84. The molecule has 3 rings (SSSR count). The van der Waals surface area contributed by atoms with Gasteiger partial charge in [-0.3, -0.25) is 0 Å². The van der Waals surface area contributed by atoms with Crippen LogP contribution in [0, 0.1) is 6.92 Å². The van der Waals surface area contributed by atoms with Gasteiger partial charge in [0.2, 0.25) is 0 Å². The molecule has 2 N–H and O–H groups in total. The Kier molecular flexibility index (Phi) is 3.29. The molecule has 0 aliphatic carbocycles. The summed E-state index contributed by atoms with van der Waals surface area (Å²) in [6, 6.07) is 13.5. The summed E-state index contributed by atoms with van der Waals surface area (Å²) in [6.07, 6.45) is 0.613. The molecule has 4 heteroatoms. The van der Waals surface area contributed by atoms with Crippen LogP contribution in [-0.4, -0.2) is 11.6 Å². The molecule has 2 aromatic carbocycles. The number of nitrogens with two attached hydrogens (primary N) is 1. The van der Waals surface area contributed by atoms with Crippen molar-refractivity contribution in [2.45, 2.75) is 13.3 Å². The van der Waals surface area contributed by atoms with Crippen LogP contribution < -0.4 is 10.5 Å². The predicted molar refractivity (Wildman–Crippen MR) is 78.8 cm³/mol. The standard InChI is InChI=1S/C16H16N2O2/c1-11-4-2-5-12(10-11)19-9-8-15-18-14-7-3-6-13(17)16(14)20-15/h2-7,10H,8-9,17H2,1H3. The molecule has 0 unspecified atom stereocenters. The zero-order valence-corrected chi connectivity index (χ0v) is 11.3. The lowest BCUT2D eigenvalue weighted by atomic mass is 10.2. The number of para-hydroxylation sites is 1. The smallest absolute Gasteiger partial charge is 0.199 e. The quantitative estimate of drug-likeness (QED) is 0.737. The molecule has 0 aliphatic rings. The third kappa shape index (κ3) is 2.59. The number of fused-ring (bicyclic) bond motifs is 1. The summed E-state index contributed by atoms with van der Waals surface area (Å²) in [4.78, 5) is 4.40. The molecule has 102 valence electrons. The Balaban J connectivity index is 1.67. The van der Waals surface area contributed by atoms with Crippen molar-refractivity contribution in [1.82, 2.24) is 4.98 Å². The van der Waals surface area contributed by atoms with Crippen LogP contribution in [0.4, 0.5) is 5.69 Å². The molecular weight excluding hydrogens is 252 g/mol. The lowest BCUT2D eigenvalue weighted by Gasteiger charge is -2.04. The molecule has 0 aliphatic heterocycles. The molecule has 1 aromatic heterocycles. The third-order valence-corrected chi connectivity index (χ3v) is 3.06. The molecule has 0 radical (unpaired) electrons. The van der Waals surface area contributed by atoms with Gasteiger partial charge in [-0.05, 0) is 36.8 Å². The molecule has 0 atom stereocenters. The fourth-order valence-electron chi connectivity index (χ4n) is 2.08. The van der Waals surface area contributed by atoms with E-state index in [0.717, 1.165) is 11.3 Å². The van der Waals surface area contributed by atoms with Gasteiger partial charge in [-0.15, -0.1) is 0 Å². The third-order valence-electron chi connectivity index (χ3n) is 3.06. The Morgan fingerprint density at radius 1 is 1.20 bits per heavy atom. The summed E-state index contributed by atoms with van der Waals surface area (Å²) in [5, 5.41) is 0. The summed E-state index contributed by atoms with van der Waals surface area (Å²) in [5.74, 6) is 1.51. The van der Waals surface area contributed by atoms with Crippen LogP contribution in [0.1, 0.15) is 11.5 Å². The first-order valence-corrected chi connectivity index (χ1v) is 6.56. The number of nitrogen functional groups attached to an aromatic ring is 1. The van der Waals surface area contributed by atoms with Crippen molar-refractivity contribution in [3.05, 3.63) is 53.9 Å². The first-order valence-electron chi connectivity index (χ1n) is 6.56. The molecule has 0 saturated carbocycles. The number of benzene rings is 2. The molecule has 4 nitrogen and oxygen atoms in total. The molecule has 0 fully saturated rings. The summed E-state index contributed by atoms with van der Waals surface area (Å²) in [7, 11) is 0. The van der Waals surface area contributed by atoms with Crippen molar-refractivity contribution < 1.29 is 9.15 Å². The maximum absolute atomic E-state index is 5.84. The van der Waals surface area contributed by atoms with E-state index in [1.165, 1.54) is 5.56 Å². The number of nitrogens with zero attached hydrogens (tertiary/aromatic N) is 1. The molecule has 0 saturated heterocycles. The first kappa shape index (κ1) is 12.5. The van der Waals surface area contributed by atoms with Gasteiger partial charge < -0.3 is 14.9 Å². The van der Waals surface area contributed by atoms with Gasteiger partial charge in [0.25, 0.3) is 0 Å². The van der Waals surface area contributed by atoms with Crippen LogP contribution in [0.25, 0.3) is 11.1 Å². The number of ether oxygens (including phenoxy) is 1. The lowest BCUT2D eigenvalue weighted by Crippen LogP contribution is -2.01. The fraction of sp³-hybridized carbons (Fsp3) is 0.188. The number of rotatable bonds is 4. The van der Waals surface area contributed by atoms with E-state index >= 15 is 0 Å². The van der Waals surface area contributed by atoms with Gasteiger partial charge in [0.15, 0.2) is 11.5 Å². The summed E-state index contributed by atoms with van der Waals surface area (Å²) in [6.45, 7) is 2.56. The van der Waals surface area contributed by atoms with Crippen molar-refractivity contribution in [3.63, 3.8) is 0 Å². The van der Waals surface area contributed by atoms with Gasteiger partial charge in [-0.2, -0.15) is 0 Å². The van der Waals surface area contributed by atoms with E-state index in [1.807, 2.05) is 43.3 Å². The minimum absolute atomic E-state index is 0.524. The van der Waals surface area contributed by atoms with Crippen LogP contribution in [0.15, 0.2) is 46.9 Å². The van der Waals surface area contributed by atoms with Crippen LogP contribution in [-0.2, 0) is 6.42 Å². The fourth-order valence-corrected chi connectivity index (χ4v) is 2.08. The van der Waals surface area contributed by atoms with Gasteiger partial charge >= 0.3 is 0 Å². The van der Waals surface area contributed by atoms with E-state index in [0.29, 0.717) is 30.2 Å². The highest BCUT2D eigenvalue weighted by Crippen LogP contribution is 2.22. The van der Waals surface area contributed by atoms with E-state index in [1.54, 1.807) is 6.07 Å². The first-order chi connectivity index (χ1) is 9.72. The molecule has 1 heterocycles. The van der Waals surface area contributed by atoms with E-state index in [-0.39, 0.29) is 0 Å². The number of aromatic nitrogens is 1.